The Morgan fingerprint density at radius 3 is 2.61 bits per heavy atom. The molecule has 0 fully saturated rings. The van der Waals surface area contributed by atoms with Gasteiger partial charge >= 0.3 is 12.4 Å². The van der Waals surface area contributed by atoms with E-state index in [2.05, 4.69) is 20.2 Å². The lowest BCUT2D eigenvalue weighted by molar-refractivity contribution is -0.165. The maximum atomic E-state index is 13.0. The summed E-state index contributed by atoms with van der Waals surface area (Å²) < 4.78 is 81.1. The van der Waals surface area contributed by atoms with Crippen molar-refractivity contribution in [2.45, 2.75) is 19.3 Å². The van der Waals surface area contributed by atoms with Gasteiger partial charge in [0.05, 0.1) is 5.56 Å². The largest absolute Gasteiger partial charge is 0.486 e. The molecule has 3 rings (SSSR count). The molecule has 2 aromatic rings. The van der Waals surface area contributed by atoms with Gasteiger partial charge < -0.3 is 4.74 Å². The van der Waals surface area contributed by atoms with Crippen molar-refractivity contribution in [2.24, 2.45) is 0 Å². The van der Waals surface area contributed by atoms with Crippen molar-refractivity contribution in [3.63, 3.8) is 0 Å². The van der Waals surface area contributed by atoms with Crippen molar-refractivity contribution >= 4 is 18.0 Å². The lowest BCUT2D eigenvalue weighted by Crippen LogP contribution is -2.43. The molecule has 0 radical (unpaired) electrons. The summed E-state index contributed by atoms with van der Waals surface area (Å²) in [4.78, 5) is 27.7. The number of aryl methyl sites for hydroxylation is 1. The molecule has 2 heterocycles. The lowest BCUT2D eigenvalue weighted by atomic mass is 10.1. The number of carbonyl (C=O) groups is 2. The van der Waals surface area contributed by atoms with Crippen LogP contribution in [0.25, 0.3) is 17.6 Å². The zero-order chi connectivity index (χ0) is 24.4. The lowest BCUT2D eigenvalue weighted by Gasteiger charge is -2.16. The molecular formula is C19H15F6N5O3. The second kappa shape index (κ2) is 8.96. The molecule has 176 valence electrons. The third-order valence-electron chi connectivity index (χ3n) is 4.08. The molecule has 33 heavy (non-hydrogen) atoms. The standard InChI is InChI=1S/C19H15F6N5O3/c1-11-4-12(6-13(5-11)19(23,24)25)17-26-10-29(28-17)3-2-15(31)27-30-8-14(7-16(30)32)33-9-18(20,21)22/h2-7,10H,8-9H2,1H3,(H,27,31)/b3-2-. The molecule has 0 atom stereocenters. The first-order valence-corrected chi connectivity index (χ1v) is 9.11. The van der Waals surface area contributed by atoms with Gasteiger partial charge in [-0.2, -0.15) is 26.3 Å². The predicted molar refractivity (Wildman–Crippen MR) is 100 cm³/mol. The zero-order valence-corrected chi connectivity index (χ0v) is 16.7. The van der Waals surface area contributed by atoms with Gasteiger partial charge in [-0.05, 0) is 30.7 Å². The molecule has 1 aliphatic rings. The normalized spacial score (nSPS) is 14.7. The molecule has 14 heteroatoms. The van der Waals surface area contributed by atoms with Crippen LogP contribution in [0.4, 0.5) is 26.3 Å². The SMILES string of the molecule is Cc1cc(-c2ncn(/C=C\C(=O)NN3CC(OCC(F)(F)F)=CC3=O)n2)cc(C(F)(F)F)c1. The number of rotatable bonds is 6. The second-order valence-electron chi connectivity index (χ2n) is 6.86. The minimum absolute atomic E-state index is 0.0142. The average molecular weight is 475 g/mol. The van der Waals surface area contributed by atoms with Crippen molar-refractivity contribution < 1.29 is 40.7 Å². The van der Waals surface area contributed by atoms with Crippen LogP contribution in [0, 0.1) is 6.92 Å². The fourth-order valence-corrected chi connectivity index (χ4v) is 2.72. The number of aromatic nitrogens is 3. The van der Waals surface area contributed by atoms with Gasteiger partial charge in [0.15, 0.2) is 12.4 Å². The van der Waals surface area contributed by atoms with Crippen LogP contribution in [0.5, 0.6) is 0 Å². The van der Waals surface area contributed by atoms with Crippen LogP contribution < -0.4 is 5.43 Å². The summed E-state index contributed by atoms with van der Waals surface area (Å²) in [7, 11) is 0. The number of nitrogens with one attached hydrogen (secondary N) is 1. The van der Waals surface area contributed by atoms with E-state index in [1.54, 1.807) is 0 Å². The molecule has 8 nitrogen and oxygen atoms in total. The first kappa shape index (κ1) is 23.8. The maximum absolute atomic E-state index is 13.0. The van der Waals surface area contributed by atoms with Crippen LogP contribution in [-0.4, -0.2) is 50.9 Å². The molecule has 0 saturated carbocycles. The molecule has 2 amide bonds. The fraction of sp³-hybridized carbons (Fsp3) is 0.263. The topological polar surface area (TPSA) is 89.4 Å². The molecule has 1 aromatic heterocycles. The summed E-state index contributed by atoms with van der Waals surface area (Å²) in [6, 6.07) is 3.35. The van der Waals surface area contributed by atoms with Gasteiger partial charge in [-0.15, -0.1) is 5.10 Å². The molecule has 0 saturated heterocycles. The third-order valence-corrected chi connectivity index (χ3v) is 4.08. The number of hydrazine groups is 1. The van der Waals surface area contributed by atoms with E-state index in [1.165, 1.54) is 13.0 Å². The first-order chi connectivity index (χ1) is 15.3. The van der Waals surface area contributed by atoms with Gasteiger partial charge in [0.1, 0.15) is 18.6 Å². The van der Waals surface area contributed by atoms with Crippen molar-refractivity contribution in [3.8, 4) is 11.4 Å². The molecular weight excluding hydrogens is 460 g/mol. The van der Waals surface area contributed by atoms with Crippen molar-refractivity contribution in [2.75, 3.05) is 13.2 Å². The Balaban J connectivity index is 1.60. The number of hydrogen-bond donors (Lipinski definition) is 1. The van der Waals surface area contributed by atoms with E-state index < -0.39 is 42.9 Å². The highest BCUT2D eigenvalue weighted by atomic mass is 19.4. The number of ether oxygens (including phenoxy) is 1. The van der Waals surface area contributed by atoms with Gasteiger partial charge in [-0.25, -0.2) is 14.7 Å². The fourth-order valence-electron chi connectivity index (χ4n) is 2.72. The zero-order valence-electron chi connectivity index (χ0n) is 16.7. The quantitative estimate of drug-likeness (QED) is 0.513. The smallest absolute Gasteiger partial charge is 0.422 e. The van der Waals surface area contributed by atoms with E-state index in [9.17, 15) is 35.9 Å². The summed E-state index contributed by atoms with van der Waals surface area (Å²) in [6.07, 6.45) is -5.08. The van der Waals surface area contributed by atoms with Crippen LogP contribution in [0.3, 0.4) is 0 Å². The minimum atomic E-state index is -4.58. The Morgan fingerprint density at radius 1 is 1.21 bits per heavy atom. The van der Waals surface area contributed by atoms with Gasteiger partial charge in [-0.1, -0.05) is 0 Å². The van der Waals surface area contributed by atoms with Crippen LogP contribution in [0.1, 0.15) is 11.1 Å². The minimum Gasteiger partial charge on any atom is -0.486 e. The van der Waals surface area contributed by atoms with E-state index >= 15 is 0 Å². The summed E-state index contributed by atoms with van der Waals surface area (Å²) in [6.45, 7) is -0.473. The molecule has 1 N–H and O–H groups in total. The van der Waals surface area contributed by atoms with Gasteiger partial charge in [0.25, 0.3) is 11.8 Å². The van der Waals surface area contributed by atoms with E-state index in [0.717, 1.165) is 46.5 Å². The summed E-state index contributed by atoms with van der Waals surface area (Å²) in [5.74, 6) is -1.88. The monoisotopic (exact) mass is 475 g/mol. The third kappa shape index (κ3) is 6.57. The molecule has 0 spiro atoms. The van der Waals surface area contributed by atoms with Crippen molar-refractivity contribution in [1.29, 1.82) is 0 Å². The van der Waals surface area contributed by atoms with E-state index in [4.69, 9.17) is 0 Å². The highest BCUT2D eigenvalue weighted by molar-refractivity contribution is 5.95. The van der Waals surface area contributed by atoms with Crippen LogP contribution in [0.2, 0.25) is 0 Å². The van der Waals surface area contributed by atoms with E-state index in [0.29, 0.717) is 5.56 Å². The molecule has 0 unspecified atom stereocenters. The Hall–Kier alpha value is -3.84. The molecule has 1 aromatic carbocycles. The molecule has 0 aliphatic carbocycles. The number of amides is 2. The summed E-state index contributed by atoms with van der Waals surface area (Å²) in [5.41, 5.74) is 1.78. The average Bonchev–Trinajstić information content (AvgIpc) is 3.30. The Morgan fingerprint density at radius 2 is 1.94 bits per heavy atom. The molecule has 1 aliphatic heterocycles. The number of hydrogen-bond acceptors (Lipinski definition) is 5. The summed E-state index contributed by atoms with van der Waals surface area (Å²) >= 11 is 0. The highest BCUT2D eigenvalue weighted by Gasteiger charge is 2.32. The number of carbonyl (C=O) groups excluding carboxylic acids is 2. The Bertz CT molecular complexity index is 1120. The number of nitrogens with zero attached hydrogens (tertiary/aromatic N) is 4. The number of halogens is 6. The number of alkyl halides is 6. The number of benzene rings is 1. The van der Waals surface area contributed by atoms with Gasteiger partial charge in [0.2, 0.25) is 0 Å². The second-order valence-corrected chi connectivity index (χ2v) is 6.86. The van der Waals surface area contributed by atoms with Crippen molar-refractivity contribution in [1.82, 2.24) is 25.2 Å². The van der Waals surface area contributed by atoms with Gasteiger partial charge in [0, 0.05) is 23.9 Å². The maximum Gasteiger partial charge on any atom is 0.422 e. The van der Waals surface area contributed by atoms with Crippen LogP contribution in [-0.2, 0) is 20.5 Å². The predicted octanol–water partition coefficient (Wildman–Crippen LogP) is 3.08. The molecule has 0 bridgehead atoms. The Kier molecular flexibility index (Phi) is 6.46. The van der Waals surface area contributed by atoms with E-state index in [1.807, 2.05) is 0 Å². The Labute approximate surface area is 182 Å². The highest BCUT2D eigenvalue weighted by Crippen LogP contribution is 2.32. The van der Waals surface area contributed by atoms with Crippen molar-refractivity contribution in [3.05, 3.63) is 53.6 Å². The summed E-state index contributed by atoms with van der Waals surface area (Å²) in [5, 5.41) is 4.72. The van der Waals surface area contributed by atoms with Crippen LogP contribution >= 0.6 is 0 Å². The van der Waals surface area contributed by atoms with E-state index in [-0.39, 0.29) is 17.1 Å². The van der Waals surface area contributed by atoms with Crippen LogP contribution in [0.15, 0.2) is 42.4 Å². The first-order valence-electron chi connectivity index (χ1n) is 9.11. The van der Waals surface area contributed by atoms with Gasteiger partial charge in [-0.3, -0.25) is 15.0 Å².